The van der Waals surface area contributed by atoms with Gasteiger partial charge in [-0.15, -0.1) is 11.3 Å². The smallest absolute Gasteiger partial charge is 0.0704 e. The number of hydrogen-bond acceptors (Lipinski definition) is 1. The number of hydrogen-bond donors (Lipinski definition) is 0. The van der Waals surface area contributed by atoms with Crippen LogP contribution in [-0.2, 0) is 6.42 Å². The van der Waals surface area contributed by atoms with E-state index in [9.17, 15) is 0 Å². The molecule has 0 nitrogen and oxygen atoms in total. The average Bonchev–Trinajstić information content (AvgIpc) is 2.65. The van der Waals surface area contributed by atoms with Gasteiger partial charge < -0.3 is 0 Å². The molecule has 1 aromatic heterocycles. The van der Waals surface area contributed by atoms with E-state index in [0.717, 1.165) is 6.42 Å². The predicted molar refractivity (Wildman–Crippen MR) is 66.8 cm³/mol. The molecule has 0 saturated carbocycles. The number of rotatable bonds is 2. The van der Waals surface area contributed by atoms with Gasteiger partial charge >= 0.3 is 0 Å². The lowest BCUT2D eigenvalue weighted by Crippen LogP contribution is -1.79. The van der Waals surface area contributed by atoms with Crippen LogP contribution in [0.1, 0.15) is 12.5 Å². The second-order valence-electron chi connectivity index (χ2n) is 3.19. The van der Waals surface area contributed by atoms with Crippen LogP contribution in [0.15, 0.2) is 39.5 Å². The number of halogens is 1. The van der Waals surface area contributed by atoms with Crippen LogP contribution in [0.4, 0.5) is 0 Å². The molecule has 0 radical (unpaired) electrons. The maximum atomic E-state index is 3.48. The van der Waals surface area contributed by atoms with Gasteiger partial charge in [-0.05, 0) is 50.5 Å². The summed E-state index contributed by atoms with van der Waals surface area (Å²) < 4.78 is 1.19. The molecule has 0 fully saturated rings. The first-order chi connectivity index (χ1) is 6.79. The summed E-state index contributed by atoms with van der Waals surface area (Å²) in [7, 11) is 0. The highest BCUT2D eigenvalue weighted by Crippen LogP contribution is 2.29. The number of benzene rings is 1. The van der Waals surface area contributed by atoms with Crippen LogP contribution in [0.2, 0.25) is 0 Å². The Labute approximate surface area is 96.7 Å². The molecule has 0 amide bonds. The highest BCUT2D eigenvalue weighted by molar-refractivity contribution is 9.11. The van der Waals surface area contributed by atoms with Crippen molar-refractivity contribution in [2.24, 2.45) is 0 Å². The third kappa shape index (κ3) is 2.07. The SMILES string of the molecule is CCc1ccc(-c2csc(Br)c2)cc1. The number of thiophene rings is 1. The molecule has 0 atom stereocenters. The van der Waals surface area contributed by atoms with Crippen LogP contribution in [0.5, 0.6) is 0 Å². The minimum Gasteiger partial charge on any atom is -0.136 e. The molecule has 0 aliphatic heterocycles. The van der Waals surface area contributed by atoms with Crippen molar-refractivity contribution in [3.8, 4) is 11.1 Å². The van der Waals surface area contributed by atoms with Crippen molar-refractivity contribution < 1.29 is 0 Å². The molecule has 0 aliphatic carbocycles. The van der Waals surface area contributed by atoms with Crippen LogP contribution in [-0.4, -0.2) is 0 Å². The summed E-state index contributed by atoms with van der Waals surface area (Å²) in [5.74, 6) is 0. The zero-order valence-corrected chi connectivity index (χ0v) is 10.4. The van der Waals surface area contributed by atoms with E-state index in [1.807, 2.05) is 0 Å². The van der Waals surface area contributed by atoms with E-state index in [-0.39, 0.29) is 0 Å². The Morgan fingerprint density at radius 2 is 1.86 bits per heavy atom. The highest BCUT2D eigenvalue weighted by atomic mass is 79.9. The Morgan fingerprint density at radius 3 is 2.36 bits per heavy atom. The summed E-state index contributed by atoms with van der Waals surface area (Å²) in [5, 5.41) is 2.17. The lowest BCUT2D eigenvalue weighted by atomic mass is 10.1. The van der Waals surface area contributed by atoms with Crippen molar-refractivity contribution in [2.45, 2.75) is 13.3 Å². The molecule has 0 N–H and O–H groups in total. The number of aryl methyl sites for hydroxylation is 1. The zero-order chi connectivity index (χ0) is 9.97. The van der Waals surface area contributed by atoms with Crippen LogP contribution >= 0.6 is 27.3 Å². The van der Waals surface area contributed by atoms with E-state index in [1.54, 1.807) is 11.3 Å². The Morgan fingerprint density at radius 1 is 1.14 bits per heavy atom. The molecule has 2 heteroatoms. The van der Waals surface area contributed by atoms with Gasteiger partial charge in [0.2, 0.25) is 0 Å². The van der Waals surface area contributed by atoms with Gasteiger partial charge in [0.1, 0.15) is 0 Å². The van der Waals surface area contributed by atoms with Crippen LogP contribution in [0, 0.1) is 0 Å². The van der Waals surface area contributed by atoms with E-state index in [4.69, 9.17) is 0 Å². The summed E-state index contributed by atoms with van der Waals surface area (Å²) in [5.41, 5.74) is 3.98. The minimum atomic E-state index is 1.10. The van der Waals surface area contributed by atoms with Gasteiger partial charge in [-0.3, -0.25) is 0 Å². The largest absolute Gasteiger partial charge is 0.136 e. The monoisotopic (exact) mass is 266 g/mol. The van der Waals surface area contributed by atoms with E-state index >= 15 is 0 Å². The Hall–Kier alpha value is -0.600. The summed E-state index contributed by atoms with van der Waals surface area (Å²) in [4.78, 5) is 0. The predicted octanol–water partition coefficient (Wildman–Crippen LogP) is 4.74. The third-order valence-corrected chi connectivity index (χ3v) is 3.77. The second kappa shape index (κ2) is 4.28. The van der Waals surface area contributed by atoms with Crippen molar-refractivity contribution in [3.63, 3.8) is 0 Å². The summed E-state index contributed by atoms with van der Waals surface area (Å²) in [6.45, 7) is 2.18. The van der Waals surface area contributed by atoms with Gasteiger partial charge in [0.05, 0.1) is 3.79 Å². The quantitative estimate of drug-likeness (QED) is 0.737. The summed E-state index contributed by atoms with van der Waals surface area (Å²) in [6.07, 6.45) is 1.10. The average molecular weight is 267 g/mol. The molecule has 72 valence electrons. The lowest BCUT2D eigenvalue weighted by Gasteiger charge is -1.99. The molecule has 0 unspecified atom stereocenters. The van der Waals surface area contributed by atoms with Gasteiger partial charge in [0.15, 0.2) is 0 Å². The van der Waals surface area contributed by atoms with Gasteiger partial charge in [0, 0.05) is 0 Å². The molecule has 1 heterocycles. The fraction of sp³-hybridized carbons (Fsp3) is 0.167. The van der Waals surface area contributed by atoms with Gasteiger partial charge in [-0.25, -0.2) is 0 Å². The van der Waals surface area contributed by atoms with Crippen LogP contribution in [0.25, 0.3) is 11.1 Å². The topological polar surface area (TPSA) is 0 Å². The fourth-order valence-corrected chi connectivity index (χ4v) is 2.56. The Kier molecular flexibility index (Phi) is 3.04. The first-order valence-electron chi connectivity index (χ1n) is 4.63. The fourth-order valence-electron chi connectivity index (χ4n) is 1.39. The third-order valence-electron chi connectivity index (χ3n) is 2.26. The van der Waals surface area contributed by atoms with Crippen molar-refractivity contribution in [1.29, 1.82) is 0 Å². The lowest BCUT2D eigenvalue weighted by molar-refractivity contribution is 1.14. The molecule has 14 heavy (non-hydrogen) atoms. The highest BCUT2D eigenvalue weighted by Gasteiger charge is 2.00. The standard InChI is InChI=1S/C12H11BrS/c1-2-9-3-5-10(6-4-9)11-7-12(13)14-8-11/h3-8H,2H2,1H3. The molecule has 0 spiro atoms. The maximum Gasteiger partial charge on any atom is 0.0704 e. The second-order valence-corrected chi connectivity index (χ2v) is 5.48. The Balaban J connectivity index is 2.33. The van der Waals surface area contributed by atoms with E-state index in [1.165, 1.54) is 20.5 Å². The minimum absolute atomic E-state index is 1.10. The van der Waals surface area contributed by atoms with E-state index in [2.05, 4.69) is 58.6 Å². The Bertz CT molecular complexity index is 414. The van der Waals surface area contributed by atoms with Crippen molar-refractivity contribution >= 4 is 27.3 Å². The molecule has 0 saturated heterocycles. The van der Waals surface area contributed by atoms with Crippen LogP contribution < -0.4 is 0 Å². The van der Waals surface area contributed by atoms with Crippen molar-refractivity contribution in [1.82, 2.24) is 0 Å². The maximum absolute atomic E-state index is 3.48. The molecule has 0 bridgehead atoms. The first-order valence-corrected chi connectivity index (χ1v) is 6.30. The van der Waals surface area contributed by atoms with Gasteiger partial charge in [-0.1, -0.05) is 31.2 Å². The molecule has 0 aliphatic rings. The van der Waals surface area contributed by atoms with Gasteiger partial charge in [-0.2, -0.15) is 0 Å². The molecule has 2 rings (SSSR count). The molecule has 2 aromatic rings. The molecular formula is C12H11BrS. The summed E-state index contributed by atoms with van der Waals surface area (Å²) in [6, 6.07) is 10.9. The van der Waals surface area contributed by atoms with Crippen molar-refractivity contribution in [3.05, 3.63) is 45.1 Å². The normalized spacial score (nSPS) is 10.4. The van der Waals surface area contributed by atoms with E-state index in [0.29, 0.717) is 0 Å². The van der Waals surface area contributed by atoms with Crippen LogP contribution in [0.3, 0.4) is 0 Å². The van der Waals surface area contributed by atoms with E-state index < -0.39 is 0 Å². The summed E-state index contributed by atoms with van der Waals surface area (Å²) >= 11 is 5.20. The molecular weight excluding hydrogens is 256 g/mol. The van der Waals surface area contributed by atoms with Crippen molar-refractivity contribution in [2.75, 3.05) is 0 Å². The zero-order valence-electron chi connectivity index (χ0n) is 7.96. The molecule has 1 aromatic carbocycles. The van der Waals surface area contributed by atoms with Gasteiger partial charge in [0.25, 0.3) is 0 Å². The first kappa shape index (κ1) is 9.94.